The summed E-state index contributed by atoms with van der Waals surface area (Å²) in [6.07, 6.45) is 0. The van der Waals surface area contributed by atoms with Crippen molar-refractivity contribution >= 4 is 28.6 Å². The minimum Gasteiger partial charge on any atom is -0.354 e. The second kappa shape index (κ2) is 11.3. The third-order valence-corrected chi connectivity index (χ3v) is 6.44. The average Bonchev–Trinajstić information content (AvgIpc) is 3.22. The Kier molecular flexibility index (Phi) is 8.05. The lowest BCUT2D eigenvalue weighted by atomic mass is 9.86. The van der Waals surface area contributed by atoms with Crippen molar-refractivity contribution in [1.82, 2.24) is 30.6 Å². The van der Waals surface area contributed by atoms with Crippen LogP contribution < -0.4 is 16.0 Å². The monoisotopic (exact) mass is 526 g/mol. The Bertz CT molecular complexity index is 1350. The van der Waals surface area contributed by atoms with Crippen LogP contribution >= 0.6 is 0 Å². The molecular weight excluding hydrogens is 494 g/mol. The van der Waals surface area contributed by atoms with Crippen LogP contribution in [0.2, 0.25) is 0 Å². The molecule has 202 valence electrons. The SMILES string of the molecule is CC(C)(C)[C@H](NC(=O)c1nn(Cc2ccc(F)c(F)c2)c2ccccc12)C(=O)NCCN1CCNC(=O)C1. The fraction of sp³-hybridized carbons (Fsp3) is 0.407. The number of carbonyl (C=O) groups excluding carboxylic acids is 3. The van der Waals surface area contributed by atoms with Crippen molar-refractivity contribution < 1.29 is 23.2 Å². The molecule has 0 saturated carbocycles. The Morgan fingerprint density at radius 2 is 1.89 bits per heavy atom. The number of para-hydroxylation sites is 1. The molecule has 3 N–H and O–H groups in total. The Morgan fingerprint density at radius 3 is 2.61 bits per heavy atom. The van der Waals surface area contributed by atoms with E-state index in [9.17, 15) is 23.2 Å². The average molecular weight is 527 g/mol. The van der Waals surface area contributed by atoms with Crippen LogP contribution in [0.15, 0.2) is 42.5 Å². The summed E-state index contributed by atoms with van der Waals surface area (Å²) in [6.45, 7) is 8.11. The number of fused-ring (bicyclic) bond motifs is 1. The van der Waals surface area contributed by atoms with Gasteiger partial charge in [-0.1, -0.05) is 45.0 Å². The number of aromatic nitrogens is 2. The molecule has 3 amide bonds. The standard InChI is InChI=1S/C27H32F2N6O3/c1-27(2,3)24(26(38)31-11-13-34-12-10-30-22(36)16-34)32-25(37)23-18-6-4-5-7-21(18)35(33-23)15-17-8-9-19(28)20(29)14-17/h4-9,14,24H,10-13,15-16H2,1-3H3,(H,30,36)(H,31,38)(H,32,37)/t24-/m1/s1. The first kappa shape index (κ1) is 27.2. The summed E-state index contributed by atoms with van der Waals surface area (Å²) in [5, 5.41) is 13.5. The number of hydrogen-bond donors (Lipinski definition) is 3. The summed E-state index contributed by atoms with van der Waals surface area (Å²) < 4.78 is 28.7. The zero-order chi connectivity index (χ0) is 27.4. The van der Waals surface area contributed by atoms with Crippen LogP contribution in [0.25, 0.3) is 10.9 Å². The third-order valence-electron chi connectivity index (χ3n) is 6.44. The third kappa shape index (κ3) is 6.34. The number of benzene rings is 2. The van der Waals surface area contributed by atoms with Gasteiger partial charge >= 0.3 is 0 Å². The Hall–Kier alpha value is -3.86. The van der Waals surface area contributed by atoms with Crippen LogP contribution in [0.4, 0.5) is 8.78 Å². The maximum Gasteiger partial charge on any atom is 0.273 e. The van der Waals surface area contributed by atoms with Gasteiger partial charge in [0.2, 0.25) is 11.8 Å². The fourth-order valence-electron chi connectivity index (χ4n) is 4.42. The van der Waals surface area contributed by atoms with Gasteiger partial charge in [0.1, 0.15) is 6.04 Å². The van der Waals surface area contributed by atoms with E-state index in [-0.39, 0.29) is 30.6 Å². The largest absolute Gasteiger partial charge is 0.354 e. The van der Waals surface area contributed by atoms with Crippen LogP contribution in [0.1, 0.15) is 36.8 Å². The molecule has 3 aromatic rings. The van der Waals surface area contributed by atoms with Crippen molar-refractivity contribution in [3.8, 4) is 0 Å². The summed E-state index contributed by atoms with van der Waals surface area (Å²) in [4.78, 5) is 40.0. The number of carbonyl (C=O) groups is 3. The molecule has 38 heavy (non-hydrogen) atoms. The summed E-state index contributed by atoms with van der Waals surface area (Å²) in [5.74, 6) is -2.80. The van der Waals surface area contributed by atoms with E-state index in [2.05, 4.69) is 21.0 Å². The number of piperazine rings is 1. The number of hydrogen-bond acceptors (Lipinski definition) is 5. The Morgan fingerprint density at radius 1 is 1.13 bits per heavy atom. The second-order valence-corrected chi connectivity index (χ2v) is 10.5. The first-order chi connectivity index (χ1) is 18.0. The van der Waals surface area contributed by atoms with Crippen molar-refractivity contribution in [2.75, 3.05) is 32.7 Å². The van der Waals surface area contributed by atoms with Crippen molar-refractivity contribution in [1.29, 1.82) is 0 Å². The number of rotatable bonds is 8. The van der Waals surface area contributed by atoms with Gasteiger partial charge in [0.05, 0.1) is 18.6 Å². The van der Waals surface area contributed by atoms with Crippen molar-refractivity contribution in [2.24, 2.45) is 5.41 Å². The van der Waals surface area contributed by atoms with Gasteiger partial charge in [-0.3, -0.25) is 24.0 Å². The van der Waals surface area contributed by atoms with E-state index in [1.165, 1.54) is 6.07 Å². The molecule has 4 rings (SSSR count). The Balaban J connectivity index is 1.49. The van der Waals surface area contributed by atoms with E-state index in [4.69, 9.17) is 0 Å². The summed E-state index contributed by atoms with van der Waals surface area (Å²) in [5.41, 5.74) is 0.658. The van der Waals surface area contributed by atoms with E-state index in [0.29, 0.717) is 42.6 Å². The second-order valence-electron chi connectivity index (χ2n) is 10.5. The molecular formula is C27H32F2N6O3. The predicted octanol–water partition coefficient (Wildman–Crippen LogP) is 2.06. The number of amides is 3. The summed E-state index contributed by atoms with van der Waals surface area (Å²) >= 11 is 0. The molecule has 0 radical (unpaired) electrons. The molecule has 0 bridgehead atoms. The van der Waals surface area contributed by atoms with E-state index >= 15 is 0 Å². The quantitative estimate of drug-likeness (QED) is 0.417. The molecule has 1 aromatic heterocycles. The number of halogens is 2. The molecule has 2 heterocycles. The molecule has 1 fully saturated rings. The van der Waals surface area contributed by atoms with Gasteiger partial charge in [-0.2, -0.15) is 5.10 Å². The van der Waals surface area contributed by atoms with Crippen LogP contribution in [0.3, 0.4) is 0 Å². The topological polar surface area (TPSA) is 108 Å². The molecule has 0 spiro atoms. The molecule has 0 unspecified atom stereocenters. The first-order valence-electron chi connectivity index (χ1n) is 12.5. The van der Waals surface area contributed by atoms with Gasteiger partial charge in [-0.15, -0.1) is 0 Å². The van der Waals surface area contributed by atoms with E-state index in [1.807, 2.05) is 25.7 Å². The first-order valence-corrected chi connectivity index (χ1v) is 12.5. The lowest BCUT2D eigenvalue weighted by Gasteiger charge is -2.31. The summed E-state index contributed by atoms with van der Waals surface area (Å²) in [7, 11) is 0. The maximum atomic E-state index is 13.7. The maximum absolute atomic E-state index is 13.7. The van der Waals surface area contributed by atoms with Gasteiger partial charge in [-0.05, 0) is 29.2 Å². The van der Waals surface area contributed by atoms with Crippen LogP contribution in [-0.2, 0) is 16.1 Å². The van der Waals surface area contributed by atoms with Gasteiger partial charge in [0.15, 0.2) is 17.3 Å². The van der Waals surface area contributed by atoms with Crippen molar-refractivity contribution in [2.45, 2.75) is 33.4 Å². The number of nitrogens with one attached hydrogen (secondary N) is 3. The van der Waals surface area contributed by atoms with Gasteiger partial charge in [0, 0.05) is 31.6 Å². The zero-order valence-electron chi connectivity index (χ0n) is 21.7. The number of nitrogens with zero attached hydrogens (tertiary/aromatic N) is 3. The molecule has 1 atom stereocenters. The highest BCUT2D eigenvalue weighted by molar-refractivity contribution is 6.06. The van der Waals surface area contributed by atoms with Crippen molar-refractivity contribution in [3.63, 3.8) is 0 Å². The fourth-order valence-corrected chi connectivity index (χ4v) is 4.42. The molecule has 11 heteroatoms. The molecule has 1 saturated heterocycles. The predicted molar refractivity (Wildman–Crippen MR) is 138 cm³/mol. The lowest BCUT2D eigenvalue weighted by molar-refractivity contribution is -0.125. The van der Waals surface area contributed by atoms with E-state index in [0.717, 1.165) is 12.1 Å². The molecule has 1 aliphatic rings. The normalized spacial score (nSPS) is 15.2. The van der Waals surface area contributed by atoms with Crippen LogP contribution in [-0.4, -0.2) is 71.2 Å². The highest BCUT2D eigenvalue weighted by Crippen LogP contribution is 2.23. The minimum absolute atomic E-state index is 0.0429. The zero-order valence-corrected chi connectivity index (χ0v) is 21.7. The highest BCUT2D eigenvalue weighted by atomic mass is 19.2. The van der Waals surface area contributed by atoms with Gasteiger partial charge in [-0.25, -0.2) is 8.78 Å². The summed E-state index contributed by atoms with van der Waals surface area (Å²) in [6, 6.07) is 9.87. The van der Waals surface area contributed by atoms with Crippen LogP contribution in [0, 0.1) is 17.0 Å². The lowest BCUT2D eigenvalue weighted by Crippen LogP contribution is -2.55. The highest BCUT2D eigenvalue weighted by Gasteiger charge is 2.34. The smallest absolute Gasteiger partial charge is 0.273 e. The van der Waals surface area contributed by atoms with E-state index in [1.54, 1.807) is 28.9 Å². The Labute approximate surface area is 219 Å². The minimum atomic E-state index is -0.959. The van der Waals surface area contributed by atoms with Gasteiger partial charge in [0.25, 0.3) is 5.91 Å². The van der Waals surface area contributed by atoms with Crippen molar-refractivity contribution in [3.05, 3.63) is 65.4 Å². The van der Waals surface area contributed by atoms with E-state index < -0.39 is 29.0 Å². The molecule has 2 aromatic carbocycles. The molecule has 0 aliphatic carbocycles. The van der Waals surface area contributed by atoms with Gasteiger partial charge < -0.3 is 16.0 Å². The van der Waals surface area contributed by atoms with Crippen LogP contribution in [0.5, 0.6) is 0 Å². The molecule has 1 aliphatic heterocycles. The molecule has 9 nitrogen and oxygen atoms in total.